The standard InChI is InChI=1S/C14H18N2O3S/c1-20(17,18)10-11-5-6-13-12(8-11)9-15-16(13)14-4-2-3-7-19-14/h5-6,8-9,14H,2-4,7,10H2,1H3. The molecule has 1 aromatic carbocycles. The molecule has 1 aliphatic rings. The van der Waals surface area contributed by atoms with Crippen LogP contribution in [0.5, 0.6) is 0 Å². The Kier molecular flexibility index (Phi) is 3.52. The molecule has 0 radical (unpaired) electrons. The maximum absolute atomic E-state index is 11.3. The molecular weight excluding hydrogens is 276 g/mol. The SMILES string of the molecule is CS(=O)(=O)Cc1ccc2c(cnn2C2CCCCO2)c1. The normalized spacial score (nSPS) is 20.4. The molecular formula is C14H18N2O3S. The first kappa shape index (κ1) is 13.6. The quantitative estimate of drug-likeness (QED) is 0.871. The number of sulfone groups is 1. The van der Waals surface area contributed by atoms with Crippen molar-refractivity contribution < 1.29 is 13.2 Å². The van der Waals surface area contributed by atoms with Gasteiger partial charge in [-0.05, 0) is 37.0 Å². The van der Waals surface area contributed by atoms with Gasteiger partial charge in [0.1, 0.15) is 0 Å². The van der Waals surface area contributed by atoms with Crippen LogP contribution in [0.3, 0.4) is 0 Å². The largest absolute Gasteiger partial charge is 0.356 e. The van der Waals surface area contributed by atoms with E-state index in [2.05, 4.69) is 5.10 Å². The Bertz CT molecular complexity index is 715. The van der Waals surface area contributed by atoms with Gasteiger partial charge < -0.3 is 4.74 Å². The first-order chi connectivity index (χ1) is 9.53. The molecule has 3 rings (SSSR count). The number of hydrogen-bond donors (Lipinski definition) is 0. The third-order valence-corrected chi connectivity index (χ3v) is 4.37. The van der Waals surface area contributed by atoms with Crippen molar-refractivity contribution in [2.24, 2.45) is 0 Å². The zero-order valence-corrected chi connectivity index (χ0v) is 12.3. The second-order valence-electron chi connectivity index (χ2n) is 5.37. The van der Waals surface area contributed by atoms with E-state index < -0.39 is 9.84 Å². The van der Waals surface area contributed by atoms with Crippen LogP contribution >= 0.6 is 0 Å². The van der Waals surface area contributed by atoms with Crippen LogP contribution in [0.4, 0.5) is 0 Å². The summed E-state index contributed by atoms with van der Waals surface area (Å²) in [4.78, 5) is 0. The van der Waals surface area contributed by atoms with Crippen molar-refractivity contribution in [2.45, 2.75) is 31.2 Å². The molecule has 1 aromatic heterocycles. The third-order valence-electron chi connectivity index (χ3n) is 3.52. The minimum atomic E-state index is -3.01. The fourth-order valence-corrected chi connectivity index (χ4v) is 3.43. The van der Waals surface area contributed by atoms with Gasteiger partial charge in [-0.1, -0.05) is 6.07 Å². The highest BCUT2D eigenvalue weighted by molar-refractivity contribution is 7.89. The lowest BCUT2D eigenvalue weighted by molar-refractivity contribution is -0.0366. The topological polar surface area (TPSA) is 61.2 Å². The molecule has 0 amide bonds. The van der Waals surface area contributed by atoms with Gasteiger partial charge >= 0.3 is 0 Å². The van der Waals surface area contributed by atoms with Gasteiger partial charge in [-0.3, -0.25) is 0 Å². The van der Waals surface area contributed by atoms with Gasteiger partial charge in [0.05, 0.1) is 17.5 Å². The predicted octanol–water partition coefficient (Wildman–Crippen LogP) is 2.28. The van der Waals surface area contributed by atoms with Crippen molar-refractivity contribution in [1.29, 1.82) is 0 Å². The van der Waals surface area contributed by atoms with Crippen molar-refractivity contribution in [2.75, 3.05) is 12.9 Å². The number of aromatic nitrogens is 2. The highest BCUT2D eigenvalue weighted by Gasteiger charge is 2.18. The Morgan fingerprint density at radius 3 is 2.95 bits per heavy atom. The van der Waals surface area contributed by atoms with E-state index >= 15 is 0 Å². The molecule has 5 nitrogen and oxygen atoms in total. The lowest BCUT2D eigenvalue weighted by atomic mass is 10.1. The molecule has 1 saturated heterocycles. The van der Waals surface area contributed by atoms with Crippen molar-refractivity contribution in [3.63, 3.8) is 0 Å². The third kappa shape index (κ3) is 2.86. The number of benzene rings is 1. The van der Waals surface area contributed by atoms with Gasteiger partial charge in [-0.2, -0.15) is 5.10 Å². The summed E-state index contributed by atoms with van der Waals surface area (Å²) < 4.78 is 30.3. The molecule has 0 saturated carbocycles. The molecule has 108 valence electrons. The highest BCUT2D eigenvalue weighted by Crippen LogP contribution is 2.26. The molecule has 20 heavy (non-hydrogen) atoms. The van der Waals surface area contributed by atoms with Gasteiger partial charge in [0, 0.05) is 18.2 Å². The van der Waals surface area contributed by atoms with Crippen LogP contribution in [-0.4, -0.2) is 31.1 Å². The summed E-state index contributed by atoms with van der Waals surface area (Å²) in [5.41, 5.74) is 1.79. The van der Waals surface area contributed by atoms with Crippen molar-refractivity contribution in [1.82, 2.24) is 9.78 Å². The van der Waals surface area contributed by atoms with E-state index in [-0.39, 0.29) is 12.0 Å². The molecule has 0 spiro atoms. The first-order valence-corrected chi connectivity index (χ1v) is 8.84. The van der Waals surface area contributed by atoms with E-state index in [1.165, 1.54) is 6.26 Å². The van der Waals surface area contributed by atoms with Crippen LogP contribution < -0.4 is 0 Å². The van der Waals surface area contributed by atoms with Crippen LogP contribution in [0.1, 0.15) is 31.1 Å². The Morgan fingerprint density at radius 1 is 1.40 bits per heavy atom. The number of ether oxygens (including phenoxy) is 1. The Balaban J connectivity index is 1.93. The van der Waals surface area contributed by atoms with E-state index in [1.54, 1.807) is 6.20 Å². The van der Waals surface area contributed by atoms with E-state index in [0.717, 1.165) is 42.3 Å². The fraction of sp³-hybridized carbons (Fsp3) is 0.500. The van der Waals surface area contributed by atoms with E-state index in [1.807, 2.05) is 22.9 Å². The fourth-order valence-electron chi connectivity index (χ4n) is 2.64. The minimum Gasteiger partial charge on any atom is -0.356 e. The van der Waals surface area contributed by atoms with E-state index in [9.17, 15) is 8.42 Å². The summed E-state index contributed by atoms with van der Waals surface area (Å²) in [6.07, 6.45) is 6.26. The number of hydrogen-bond acceptors (Lipinski definition) is 4. The maximum Gasteiger partial charge on any atom is 0.151 e. The lowest BCUT2D eigenvalue weighted by Crippen LogP contribution is -2.18. The molecule has 0 bridgehead atoms. The molecule has 1 atom stereocenters. The number of fused-ring (bicyclic) bond motifs is 1. The summed E-state index contributed by atoms with van der Waals surface area (Å²) in [5.74, 6) is 0.0635. The highest BCUT2D eigenvalue weighted by atomic mass is 32.2. The summed E-state index contributed by atoms with van der Waals surface area (Å²) >= 11 is 0. The van der Waals surface area contributed by atoms with Crippen molar-refractivity contribution in [3.8, 4) is 0 Å². The monoisotopic (exact) mass is 294 g/mol. The second kappa shape index (κ2) is 5.18. The summed E-state index contributed by atoms with van der Waals surface area (Å²) in [6, 6.07) is 5.67. The van der Waals surface area contributed by atoms with Gasteiger partial charge in [0.15, 0.2) is 16.1 Å². The molecule has 2 aromatic rings. The Morgan fingerprint density at radius 2 is 2.25 bits per heavy atom. The first-order valence-electron chi connectivity index (χ1n) is 6.78. The Hall–Kier alpha value is -1.40. The average molecular weight is 294 g/mol. The molecule has 6 heteroatoms. The van der Waals surface area contributed by atoms with Crippen molar-refractivity contribution in [3.05, 3.63) is 30.0 Å². The van der Waals surface area contributed by atoms with Crippen LogP contribution in [0.15, 0.2) is 24.4 Å². The maximum atomic E-state index is 11.3. The molecule has 0 N–H and O–H groups in total. The molecule has 1 fully saturated rings. The summed E-state index contributed by atoms with van der Waals surface area (Å²) in [6.45, 7) is 0.776. The second-order valence-corrected chi connectivity index (χ2v) is 7.51. The predicted molar refractivity (Wildman–Crippen MR) is 77.1 cm³/mol. The van der Waals surface area contributed by atoms with Gasteiger partial charge in [-0.15, -0.1) is 0 Å². The molecule has 0 aliphatic carbocycles. The number of rotatable bonds is 3. The summed E-state index contributed by atoms with van der Waals surface area (Å²) in [7, 11) is -3.01. The van der Waals surface area contributed by atoms with E-state index in [0.29, 0.717) is 0 Å². The number of nitrogens with zero attached hydrogens (tertiary/aromatic N) is 2. The van der Waals surface area contributed by atoms with Crippen LogP contribution in [-0.2, 0) is 20.3 Å². The van der Waals surface area contributed by atoms with Crippen molar-refractivity contribution >= 4 is 20.7 Å². The molecule has 2 heterocycles. The zero-order chi connectivity index (χ0) is 14.2. The van der Waals surface area contributed by atoms with Crippen LogP contribution in [0, 0.1) is 0 Å². The van der Waals surface area contributed by atoms with Gasteiger partial charge in [0.2, 0.25) is 0 Å². The Labute approximate surface area is 118 Å². The van der Waals surface area contributed by atoms with Crippen LogP contribution in [0.25, 0.3) is 10.9 Å². The minimum absolute atomic E-state index is 0.00186. The lowest BCUT2D eigenvalue weighted by Gasteiger charge is -2.23. The van der Waals surface area contributed by atoms with Crippen LogP contribution in [0.2, 0.25) is 0 Å². The van der Waals surface area contributed by atoms with Gasteiger partial charge in [0.25, 0.3) is 0 Å². The van der Waals surface area contributed by atoms with Gasteiger partial charge in [-0.25, -0.2) is 13.1 Å². The smallest absolute Gasteiger partial charge is 0.151 e. The van der Waals surface area contributed by atoms with E-state index in [4.69, 9.17) is 4.74 Å². The molecule has 1 aliphatic heterocycles. The molecule has 1 unspecified atom stereocenters. The zero-order valence-electron chi connectivity index (χ0n) is 11.4. The summed E-state index contributed by atoms with van der Waals surface area (Å²) in [5, 5.41) is 5.36. The average Bonchev–Trinajstić information content (AvgIpc) is 2.81.